The summed E-state index contributed by atoms with van der Waals surface area (Å²) in [5.41, 5.74) is 2.48. The normalized spacial score (nSPS) is 11.1. The summed E-state index contributed by atoms with van der Waals surface area (Å²) in [7, 11) is 1.63. The topological polar surface area (TPSA) is 63.9 Å². The van der Waals surface area contributed by atoms with Crippen molar-refractivity contribution in [1.29, 1.82) is 0 Å². The molecule has 128 valence electrons. The van der Waals surface area contributed by atoms with Crippen molar-refractivity contribution in [2.75, 3.05) is 7.11 Å². The first-order valence-corrected chi connectivity index (χ1v) is 8.01. The van der Waals surface area contributed by atoms with E-state index in [1.165, 1.54) is 0 Å². The number of aliphatic imine (C=N–C) groups is 2. The number of benzene rings is 2. The van der Waals surface area contributed by atoms with Crippen LogP contribution in [-0.2, 0) is 0 Å². The van der Waals surface area contributed by atoms with Gasteiger partial charge in [-0.2, -0.15) is 0 Å². The van der Waals surface area contributed by atoms with Crippen molar-refractivity contribution in [3.05, 3.63) is 83.4 Å². The molecule has 26 heavy (non-hydrogen) atoms. The van der Waals surface area contributed by atoms with Crippen molar-refractivity contribution < 1.29 is 9.53 Å². The molecule has 5 nitrogen and oxygen atoms in total. The number of pyridine rings is 1. The van der Waals surface area contributed by atoms with E-state index in [9.17, 15) is 4.79 Å². The monoisotopic (exact) mass is 343 g/mol. The second kappa shape index (κ2) is 8.48. The lowest BCUT2D eigenvalue weighted by Gasteiger charge is -1.99. The van der Waals surface area contributed by atoms with Gasteiger partial charge in [0.1, 0.15) is 12.0 Å². The van der Waals surface area contributed by atoms with Crippen LogP contribution in [0.15, 0.2) is 76.7 Å². The summed E-state index contributed by atoms with van der Waals surface area (Å²) >= 11 is 0. The van der Waals surface area contributed by atoms with Crippen LogP contribution in [0.4, 0.5) is 11.6 Å². The van der Waals surface area contributed by atoms with E-state index in [0.29, 0.717) is 17.2 Å². The summed E-state index contributed by atoms with van der Waals surface area (Å²) < 4.78 is 5.13. The number of aldehydes is 1. The maximum absolute atomic E-state index is 10.7. The van der Waals surface area contributed by atoms with Crippen molar-refractivity contribution in [3.63, 3.8) is 0 Å². The number of aromatic nitrogens is 1. The molecule has 1 heterocycles. The van der Waals surface area contributed by atoms with Crippen LogP contribution in [0.25, 0.3) is 0 Å². The number of hydrogen-bond donors (Lipinski definition) is 0. The lowest BCUT2D eigenvalue weighted by atomic mass is 10.2. The van der Waals surface area contributed by atoms with Gasteiger partial charge in [-0.25, -0.2) is 15.0 Å². The molecule has 0 N–H and O–H groups in total. The lowest BCUT2D eigenvalue weighted by molar-refractivity contribution is 0.112. The van der Waals surface area contributed by atoms with Crippen molar-refractivity contribution in [2.45, 2.75) is 0 Å². The molecule has 0 unspecified atom stereocenters. The highest BCUT2D eigenvalue weighted by Gasteiger charge is 1.96. The first-order chi connectivity index (χ1) is 12.8. The fourth-order valence-corrected chi connectivity index (χ4v) is 2.19. The third-order valence-electron chi connectivity index (χ3n) is 3.60. The Morgan fingerprint density at radius 3 is 1.77 bits per heavy atom. The average Bonchev–Trinajstić information content (AvgIpc) is 2.72. The van der Waals surface area contributed by atoms with Gasteiger partial charge < -0.3 is 4.74 Å². The summed E-state index contributed by atoms with van der Waals surface area (Å²) in [5.74, 6) is 1.94. The number of carbonyl (C=O) groups is 1. The number of hydrogen-bond acceptors (Lipinski definition) is 5. The summed E-state index contributed by atoms with van der Waals surface area (Å²) in [6.45, 7) is 0. The van der Waals surface area contributed by atoms with Gasteiger partial charge in [0.05, 0.1) is 7.11 Å². The Labute approximate surface area is 151 Å². The van der Waals surface area contributed by atoms with Crippen LogP contribution in [-0.4, -0.2) is 30.8 Å². The summed E-state index contributed by atoms with van der Waals surface area (Å²) in [6.07, 6.45) is 4.26. The third-order valence-corrected chi connectivity index (χ3v) is 3.60. The Bertz CT molecular complexity index is 930. The Kier molecular flexibility index (Phi) is 5.62. The molecular weight excluding hydrogens is 326 g/mol. The van der Waals surface area contributed by atoms with Crippen molar-refractivity contribution in [2.24, 2.45) is 9.98 Å². The number of rotatable bonds is 6. The van der Waals surface area contributed by atoms with Gasteiger partial charge in [-0.3, -0.25) is 4.79 Å². The predicted molar refractivity (Wildman–Crippen MR) is 104 cm³/mol. The summed E-state index contributed by atoms with van der Waals surface area (Å²) in [6, 6.07) is 20.3. The number of methoxy groups -OCH3 is 1. The highest BCUT2D eigenvalue weighted by atomic mass is 16.5. The molecule has 2 aromatic carbocycles. The first-order valence-electron chi connectivity index (χ1n) is 8.01. The zero-order chi connectivity index (χ0) is 18.2. The Morgan fingerprint density at radius 2 is 1.27 bits per heavy atom. The van der Waals surface area contributed by atoms with Gasteiger partial charge >= 0.3 is 0 Å². The highest BCUT2D eigenvalue weighted by Crippen LogP contribution is 2.16. The number of ether oxygens (including phenoxy) is 1. The molecule has 0 aliphatic carbocycles. The molecule has 0 aliphatic rings. The molecule has 3 aromatic rings. The fourth-order valence-electron chi connectivity index (χ4n) is 2.19. The summed E-state index contributed by atoms with van der Waals surface area (Å²) in [5, 5.41) is 0. The smallest absolute Gasteiger partial charge is 0.154 e. The van der Waals surface area contributed by atoms with E-state index >= 15 is 0 Å². The Balaban J connectivity index is 1.71. The molecule has 0 fully saturated rings. The minimum atomic E-state index is 0.564. The van der Waals surface area contributed by atoms with Crippen molar-refractivity contribution >= 4 is 30.4 Å². The lowest BCUT2D eigenvalue weighted by Crippen LogP contribution is -1.85. The Morgan fingerprint density at radius 1 is 0.769 bits per heavy atom. The van der Waals surface area contributed by atoms with E-state index in [-0.39, 0.29) is 0 Å². The minimum absolute atomic E-state index is 0.564. The summed E-state index contributed by atoms with van der Waals surface area (Å²) in [4.78, 5) is 23.8. The molecule has 0 spiro atoms. The van der Waals surface area contributed by atoms with Crippen LogP contribution in [0.2, 0.25) is 0 Å². The number of carbonyl (C=O) groups excluding carboxylic acids is 1. The molecule has 0 atom stereocenters. The molecule has 1 aromatic heterocycles. The van der Waals surface area contributed by atoms with Crippen LogP contribution in [0.1, 0.15) is 21.5 Å². The van der Waals surface area contributed by atoms with Crippen molar-refractivity contribution in [1.82, 2.24) is 4.98 Å². The predicted octanol–water partition coefficient (Wildman–Crippen LogP) is 4.40. The second-order valence-electron chi connectivity index (χ2n) is 5.43. The molecule has 0 saturated carbocycles. The second-order valence-corrected chi connectivity index (χ2v) is 5.43. The molecule has 0 amide bonds. The van der Waals surface area contributed by atoms with Crippen LogP contribution in [0.5, 0.6) is 5.75 Å². The molecule has 5 heteroatoms. The van der Waals surface area contributed by atoms with Gasteiger partial charge in [-0.15, -0.1) is 0 Å². The standard InChI is InChI=1S/C21H17N3O2/c1-26-19-11-9-17(10-12-19)14-23-21-4-2-3-20(24-21)22-13-16-5-7-18(15-25)8-6-16/h2-15H,1H3/b22-13+,23-14+. The SMILES string of the molecule is COc1ccc(/C=N/c2cccc(/N=C/c3ccc(C=O)cc3)n2)cc1. The van der Waals surface area contributed by atoms with E-state index in [2.05, 4.69) is 15.0 Å². The first kappa shape index (κ1) is 17.2. The molecule has 0 radical (unpaired) electrons. The average molecular weight is 343 g/mol. The largest absolute Gasteiger partial charge is 0.497 e. The maximum atomic E-state index is 10.7. The van der Waals surface area contributed by atoms with Gasteiger partial charge in [-0.1, -0.05) is 30.3 Å². The fraction of sp³-hybridized carbons (Fsp3) is 0.0476. The zero-order valence-electron chi connectivity index (χ0n) is 14.2. The van der Waals surface area contributed by atoms with Gasteiger partial charge in [0.25, 0.3) is 0 Å². The third kappa shape index (κ3) is 4.70. The minimum Gasteiger partial charge on any atom is -0.497 e. The van der Waals surface area contributed by atoms with Gasteiger partial charge in [-0.05, 0) is 47.5 Å². The van der Waals surface area contributed by atoms with Crippen LogP contribution < -0.4 is 4.74 Å². The van der Waals surface area contributed by atoms with Crippen LogP contribution in [0.3, 0.4) is 0 Å². The van der Waals surface area contributed by atoms with E-state index < -0.39 is 0 Å². The highest BCUT2D eigenvalue weighted by molar-refractivity contribution is 5.84. The molecular formula is C21H17N3O2. The molecule has 0 bridgehead atoms. The Hall–Kier alpha value is -3.60. The van der Waals surface area contributed by atoms with E-state index in [0.717, 1.165) is 23.2 Å². The molecule has 3 rings (SSSR count). The van der Waals surface area contributed by atoms with Gasteiger partial charge in [0.2, 0.25) is 0 Å². The van der Waals surface area contributed by atoms with Gasteiger partial charge in [0.15, 0.2) is 11.6 Å². The van der Waals surface area contributed by atoms with Crippen LogP contribution in [0, 0.1) is 0 Å². The number of nitrogens with zero attached hydrogens (tertiary/aromatic N) is 3. The zero-order valence-corrected chi connectivity index (χ0v) is 14.2. The van der Waals surface area contributed by atoms with Crippen molar-refractivity contribution in [3.8, 4) is 5.75 Å². The van der Waals surface area contributed by atoms with Crippen LogP contribution >= 0.6 is 0 Å². The van der Waals surface area contributed by atoms with E-state index in [1.54, 1.807) is 31.7 Å². The molecule has 0 saturated heterocycles. The van der Waals surface area contributed by atoms with E-state index in [1.807, 2.05) is 54.6 Å². The maximum Gasteiger partial charge on any atom is 0.154 e. The van der Waals surface area contributed by atoms with E-state index in [4.69, 9.17) is 4.74 Å². The molecule has 0 aliphatic heterocycles. The van der Waals surface area contributed by atoms with Gasteiger partial charge in [0, 0.05) is 18.0 Å². The quantitative estimate of drug-likeness (QED) is 0.492.